The summed E-state index contributed by atoms with van der Waals surface area (Å²) in [5.41, 5.74) is 11.0. The van der Waals surface area contributed by atoms with E-state index in [1.165, 1.54) is 6.08 Å². The smallest absolute Gasteiger partial charge is 0.331 e. The maximum Gasteiger partial charge on any atom is 0.331 e. The Hall–Kier alpha value is -6.01. The number of rotatable bonds is 8. The number of nitrogens with two attached hydrogens (primary N) is 1. The van der Waals surface area contributed by atoms with Crippen LogP contribution in [0, 0.1) is 0 Å². The van der Waals surface area contributed by atoms with E-state index in [4.69, 9.17) is 10.7 Å². The normalized spacial score (nSPS) is 17.5. The Morgan fingerprint density at radius 1 is 0.960 bits per heavy atom. The van der Waals surface area contributed by atoms with Gasteiger partial charge in [0.2, 0.25) is 17.8 Å². The number of carbonyl (C=O) groups excluding carboxylic acids is 3. The van der Waals surface area contributed by atoms with Gasteiger partial charge in [-0.2, -0.15) is 4.98 Å². The third-order valence-corrected chi connectivity index (χ3v) is 9.60. The van der Waals surface area contributed by atoms with Crippen LogP contribution in [0.5, 0.6) is 0 Å². The second-order valence-corrected chi connectivity index (χ2v) is 12.7. The molecule has 3 N–H and O–H groups in total. The minimum absolute atomic E-state index is 0.131. The molecule has 4 heterocycles. The van der Waals surface area contributed by atoms with Gasteiger partial charge in [0.1, 0.15) is 0 Å². The fraction of sp³-hybridized carbons (Fsp3) is 0.237. The Bertz CT molecular complexity index is 1990. The van der Waals surface area contributed by atoms with Crippen LogP contribution in [0.1, 0.15) is 29.2 Å². The lowest BCUT2D eigenvalue weighted by Crippen LogP contribution is -2.49. The quantitative estimate of drug-likeness (QED) is 0.245. The van der Waals surface area contributed by atoms with Crippen LogP contribution in [0.15, 0.2) is 98.2 Å². The van der Waals surface area contributed by atoms with Crippen molar-refractivity contribution < 1.29 is 14.4 Å². The molecule has 3 aliphatic rings. The number of piperazine rings is 1. The zero-order valence-corrected chi connectivity index (χ0v) is 28.0. The number of fused-ring (bicyclic) bond motifs is 2. The standard InChI is InChI=1S/C38H39N9O3/c1-4-34(48)45-17-16-33(31-10-5-6-11-32(31)45)46-24-27-23-40-37(41-28-12-14-29(15-13-28)44-20-18-43(3)19-21-44)42-36(27)47(38(46)50)30-9-7-8-26(22-30)25(2)35(39)49/h4-15,22-23,33H,1-2,16-21,24H2,3H3,(H2,39,49)(H,40,41,42). The summed E-state index contributed by atoms with van der Waals surface area (Å²) in [6.07, 6.45) is 3.57. The van der Waals surface area contributed by atoms with E-state index in [0.29, 0.717) is 36.0 Å². The van der Waals surface area contributed by atoms with Crippen LogP contribution in [-0.2, 0) is 16.1 Å². The van der Waals surface area contributed by atoms with Crippen molar-refractivity contribution in [1.82, 2.24) is 19.8 Å². The van der Waals surface area contributed by atoms with E-state index in [-0.39, 0.29) is 30.1 Å². The molecule has 50 heavy (non-hydrogen) atoms. The summed E-state index contributed by atoms with van der Waals surface area (Å²) in [4.78, 5) is 58.7. The van der Waals surface area contributed by atoms with Crippen LogP contribution in [0.2, 0.25) is 0 Å². The van der Waals surface area contributed by atoms with E-state index in [9.17, 15) is 14.4 Å². The topological polar surface area (TPSA) is 131 Å². The van der Waals surface area contributed by atoms with E-state index < -0.39 is 5.91 Å². The number of urea groups is 1. The number of carbonyl (C=O) groups is 3. The highest BCUT2D eigenvalue weighted by molar-refractivity contribution is 6.18. The van der Waals surface area contributed by atoms with Crippen LogP contribution in [0.3, 0.4) is 0 Å². The number of anilines is 6. The summed E-state index contributed by atoms with van der Waals surface area (Å²) in [6.45, 7) is 12.2. The maximum absolute atomic E-state index is 14.7. The number of hydrogen-bond donors (Lipinski definition) is 2. The van der Waals surface area contributed by atoms with Gasteiger partial charge in [0.05, 0.1) is 18.3 Å². The average Bonchev–Trinajstić information content (AvgIpc) is 3.14. The van der Waals surface area contributed by atoms with Gasteiger partial charge in [-0.3, -0.25) is 9.59 Å². The van der Waals surface area contributed by atoms with Crippen molar-refractivity contribution in [2.24, 2.45) is 5.73 Å². The second kappa shape index (κ2) is 13.5. The van der Waals surface area contributed by atoms with Crippen molar-refractivity contribution in [2.75, 3.05) is 59.8 Å². The fourth-order valence-electron chi connectivity index (χ4n) is 6.84. The molecule has 254 valence electrons. The van der Waals surface area contributed by atoms with E-state index in [1.807, 2.05) is 36.4 Å². The number of amides is 4. The first kappa shape index (κ1) is 32.5. The van der Waals surface area contributed by atoms with Gasteiger partial charge in [0.25, 0.3) is 0 Å². The van der Waals surface area contributed by atoms with Gasteiger partial charge in [-0.15, -0.1) is 0 Å². The van der Waals surface area contributed by atoms with Crippen LogP contribution >= 0.6 is 0 Å². The van der Waals surface area contributed by atoms with Gasteiger partial charge in [0, 0.05) is 67.1 Å². The molecule has 0 spiro atoms. The van der Waals surface area contributed by atoms with Gasteiger partial charge in [-0.25, -0.2) is 14.7 Å². The molecule has 0 radical (unpaired) electrons. The van der Waals surface area contributed by atoms with Gasteiger partial charge in [-0.05, 0) is 73.1 Å². The predicted octanol–water partition coefficient (Wildman–Crippen LogP) is 5.21. The van der Waals surface area contributed by atoms with Crippen molar-refractivity contribution in [2.45, 2.75) is 19.0 Å². The first-order valence-corrected chi connectivity index (χ1v) is 16.6. The number of primary amides is 1. The maximum atomic E-state index is 14.7. The van der Waals surface area contributed by atoms with E-state index >= 15 is 0 Å². The van der Waals surface area contributed by atoms with E-state index in [2.05, 4.69) is 52.4 Å². The van der Waals surface area contributed by atoms with Crippen LogP contribution in [0.4, 0.5) is 39.3 Å². The summed E-state index contributed by atoms with van der Waals surface area (Å²) in [6, 6.07) is 22.1. The molecule has 1 fully saturated rings. The molecule has 4 amide bonds. The molecule has 1 aromatic heterocycles. The molecule has 12 heteroatoms. The highest BCUT2D eigenvalue weighted by atomic mass is 16.2. The van der Waals surface area contributed by atoms with Crippen molar-refractivity contribution in [3.05, 3.63) is 115 Å². The Labute approximate surface area is 291 Å². The number of para-hydroxylation sites is 1. The monoisotopic (exact) mass is 669 g/mol. The molecule has 3 aliphatic heterocycles. The summed E-state index contributed by atoms with van der Waals surface area (Å²) in [7, 11) is 2.14. The number of nitrogens with zero attached hydrogens (tertiary/aromatic N) is 7. The minimum atomic E-state index is -0.654. The number of aromatic nitrogens is 2. The van der Waals surface area contributed by atoms with E-state index in [1.54, 1.807) is 45.2 Å². The predicted molar refractivity (Wildman–Crippen MR) is 196 cm³/mol. The van der Waals surface area contributed by atoms with Gasteiger partial charge >= 0.3 is 6.03 Å². The summed E-state index contributed by atoms with van der Waals surface area (Å²) >= 11 is 0. The summed E-state index contributed by atoms with van der Waals surface area (Å²) < 4.78 is 0. The number of hydrogen-bond acceptors (Lipinski definition) is 8. The molecule has 3 aromatic carbocycles. The molecule has 1 saturated heterocycles. The Kier molecular flexibility index (Phi) is 8.77. The SMILES string of the molecule is C=CC(=O)N1CCC(N2Cc3cnc(Nc4ccc(N5CCN(C)CC5)cc4)nc3N(c3cccc(C(=C)C(N)=O)c3)C2=O)c2ccccc21. The summed E-state index contributed by atoms with van der Waals surface area (Å²) in [5.74, 6) is -0.0883. The average molecular weight is 670 g/mol. The zero-order chi connectivity index (χ0) is 34.9. The summed E-state index contributed by atoms with van der Waals surface area (Å²) in [5, 5.41) is 3.31. The van der Waals surface area contributed by atoms with Crippen LogP contribution in [-0.4, -0.2) is 77.4 Å². The Morgan fingerprint density at radius 3 is 2.46 bits per heavy atom. The fourth-order valence-corrected chi connectivity index (χ4v) is 6.84. The Morgan fingerprint density at radius 2 is 1.72 bits per heavy atom. The lowest BCUT2D eigenvalue weighted by atomic mass is 9.94. The van der Waals surface area contributed by atoms with E-state index in [0.717, 1.165) is 54.4 Å². The van der Waals surface area contributed by atoms with Crippen molar-refractivity contribution in [3.63, 3.8) is 0 Å². The zero-order valence-electron chi connectivity index (χ0n) is 28.0. The molecule has 7 rings (SSSR count). The lowest BCUT2D eigenvalue weighted by molar-refractivity contribution is -0.114. The first-order valence-electron chi connectivity index (χ1n) is 16.6. The van der Waals surface area contributed by atoms with Crippen molar-refractivity contribution in [3.8, 4) is 0 Å². The lowest BCUT2D eigenvalue weighted by Gasteiger charge is -2.44. The molecular formula is C38H39N9O3. The molecule has 12 nitrogen and oxygen atoms in total. The highest BCUT2D eigenvalue weighted by Crippen LogP contribution is 2.43. The second-order valence-electron chi connectivity index (χ2n) is 12.7. The van der Waals surface area contributed by atoms with Gasteiger partial charge in [0.15, 0.2) is 5.82 Å². The molecule has 0 bridgehead atoms. The molecule has 1 atom stereocenters. The molecular weight excluding hydrogens is 630 g/mol. The van der Waals surface area contributed by atoms with Crippen LogP contribution < -0.4 is 25.8 Å². The van der Waals surface area contributed by atoms with Gasteiger partial charge in [-0.1, -0.05) is 43.5 Å². The number of benzene rings is 3. The first-order chi connectivity index (χ1) is 24.2. The third kappa shape index (κ3) is 6.16. The largest absolute Gasteiger partial charge is 0.369 e. The molecule has 4 aromatic rings. The molecule has 1 unspecified atom stereocenters. The number of nitrogens with one attached hydrogen (secondary N) is 1. The number of likely N-dealkylation sites (N-methyl/N-ethyl adjacent to an activating group) is 1. The molecule has 0 aliphatic carbocycles. The third-order valence-electron chi connectivity index (χ3n) is 9.60. The molecule has 0 saturated carbocycles. The van der Waals surface area contributed by atoms with Crippen molar-refractivity contribution in [1.29, 1.82) is 0 Å². The van der Waals surface area contributed by atoms with Gasteiger partial charge < -0.3 is 30.7 Å². The highest BCUT2D eigenvalue weighted by Gasteiger charge is 2.40. The van der Waals surface area contributed by atoms with Crippen LogP contribution in [0.25, 0.3) is 5.57 Å². The minimum Gasteiger partial charge on any atom is -0.369 e. The van der Waals surface area contributed by atoms with Crippen molar-refractivity contribution >= 4 is 57.9 Å². The Balaban J connectivity index is 1.24.